The molecular formula is C7H9F2NO2. The zero-order valence-electron chi connectivity index (χ0n) is 6.56. The van der Waals surface area contributed by atoms with Gasteiger partial charge in [-0.1, -0.05) is 0 Å². The average Bonchev–Trinajstić information content (AvgIpc) is 1.82. The van der Waals surface area contributed by atoms with Crippen LogP contribution in [0.4, 0.5) is 8.78 Å². The standard InChI is InChI=1S/C7H9F2NO2/c1-7(8,9)4-2-5(11)10-6(12)3-4/h4H,2-3H2,1H3,(H,10,11,12). The van der Waals surface area contributed by atoms with Crippen molar-refractivity contribution in [1.29, 1.82) is 0 Å². The number of amides is 2. The normalized spacial score (nSPS) is 20.9. The van der Waals surface area contributed by atoms with Crippen molar-refractivity contribution in [2.75, 3.05) is 0 Å². The summed E-state index contributed by atoms with van der Waals surface area (Å²) >= 11 is 0. The predicted molar refractivity (Wildman–Crippen MR) is 36.5 cm³/mol. The number of hydrogen-bond donors (Lipinski definition) is 1. The average molecular weight is 177 g/mol. The Balaban J connectivity index is 2.68. The number of alkyl halides is 2. The minimum absolute atomic E-state index is 0.269. The van der Waals surface area contributed by atoms with E-state index in [-0.39, 0.29) is 12.8 Å². The van der Waals surface area contributed by atoms with E-state index < -0.39 is 23.7 Å². The molecule has 0 atom stereocenters. The molecule has 68 valence electrons. The van der Waals surface area contributed by atoms with Crippen molar-refractivity contribution < 1.29 is 18.4 Å². The van der Waals surface area contributed by atoms with Crippen LogP contribution in [0.5, 0.6) is 0 Å². The molecule has 0 spiro atoms. The van der Waals surface area contributed by atoms with Gasteiger partial charge in [-0.25, -0.2) is 8.78 Å². The first kappa shape index (κ1) is 9.09. The van der Waals surface area contributed by atoms with Gasteiger partial charge in [-0.15, -0.1) is 0 Å². The van der Waals surface area contributed by atoms with Gasteiger partial charge in [0.1, 0.15) is 0 Å². The molecular weight excluding hydrogens is 168 g/mol. The van der Waals surface area contributed by atoms with E-state index in [1.807, 2.05) is 5.32 Å². The maximum atomic E-state index is 12.6. The Morgan fingerprint density at radius 3 is 2.08 bits per heavy atom. The lowest BCUT2D eigenvalue weighted by molar-refractivity contribution is -0.142. The summed E-state index contributed by atoms with van der Waals surface area (Å²) in [6.07, 6.45) is -0.537. The largest absolute Gasteiger partial charge is 0.296 e. The molecule has 1 aliphatic heterocycles. The van der Waals surface area contributed by atoms with Crippen LogP contribution >= 0.6 is 0 Å². The summed E-state index contributed by atoms with van der Waals surface area (Å²) in [5.41, 5.74) is 0. The molecule has 0 aromatic rings. The zero-order chi connectivity index (χ0) is 9.35. The van der Waals surface area contributed by atoms with Crippen LogP contribution in [0.3, 0.4) is 0 Å². The van der Waals surface area contributed by atoms with E-state index in [4.69, 9.17) is 0 Å². The topological polar surface area (TPSA) is 46.2 Å². The second-order valence-corrected chi connectivity index (χ2v) is 3.03. The minimum atomic E-state index is -2.95. The molecule has 1 saturated heterocycles. The Bertz CT molecular complexity index is 206. The van der Waals surface area contributed by atoms with Crippen molar-refractivity contribution in [2.45, 2.75) is 25.7 Å². The van der Waals surface area contributed by atoms with Gasteiger partial charge < -0.3 is 0 Å². The summed E-state index contributed by atoms with van der Waals surface area (Å²) in [4.78, 5) is 21.3. The molecule has 0 bridgehead atoms. The van der Waals surface area contributed by atoms with E-state index in [0.717, 1.165) is 6.92 Å². The van der Waals surface area contributed by atoms with Gasteiger partial charge in [0.25, 0.3) is 0 Å². The predicted octanol–water partition coefficient (Wildman–Crippen LogP) is 0.694. The van der Waals surface area contributed by atoms with Crippen LogP contribution in [0, 0.1) is 5.92 Å². The van der Waals surface area contributed by atoms with Gasteiger partial charge in [-0.05, 0) is 6.92 Å². The third-order valence-electron chi connectivity index (χ3n) is 1.86. The fraction of sp³-hybridized carbons (Fsp3) is 0.714. The summed E-state index contributed by atoms with van der Waals surface area (Å²) in [6.45, 7) is 0.726. The highest BCUT2D eigenvalue weighted by atomic mass is 19.3. The Hall–Kier alpha value is -1.00. The monoisotopic (exact) mass is 177 g/mol. The second kappa shape index (κ2) is 2.80. The Morgan fingerprint density at radius 1 is 1.33 bits per heavy atom. The molecule has 0 saturated carbocycles. The van der Waals surface area contributed by atoms with Crippen molar-refractivity contribution in [1.82, 2.24) is 5.32 Å². The molecule has 2 amide bonds. The molecule has 5 heteroatoms. The van der Waals surface area contributed by atoms with Gasteiger partial charge in [0, 0.05) is 18.8 Å². The van der Waals surface area contributed by atoms with Crippen LogP contribution in [0.1, 0.15) is 19.8 Å². The molecule has 1 N–H and O–H groups in total. The molecule has 0 aromatic heterocycles. The van der Waals surface area contributed by atoms with E-state index in [1.54, 1.807) is 0 Å². The van der Waals surface area contributed by atoms with Gasteiger partial charge in [0.2, 0.25) is 17.7 Å². The third kappa shape index (κ3) is 1.99. The molecule has 12 heavy (non-hydrogen) atoms. The second-order valence-electron chi connectivity index (χ2n) is 3.03. The number of carbonyl (C=O) groups is 2. The van der Waals surface area contributed by atoms with Crippen LogP contribution in [0.15, 0.2) is 0 Å². The summed E-state index contributed by atoms with van der Waals surface area (Å²) in [5.74, 6) is -5.32. The van der Waals surface area contributed by atoms with E-state index in [9.17, 15) is 18.4 Å². The number of nitrogens with one attached hydrogen (secondary N) is 1. The lowest BCUT2D eigenvalue weighted by atomic mass is 9.91. The lowest BCUT2D eigenvalue weighted by Crippen LogP contribution is -2.43. The Morgan fingerprint density at radius 2 is 1.75 bits per heavy atom. The fourth-order valence-corrected chi connectivity index (χ4v) is 1.14. The molecule has 0 aliphatic carbocycles. The van der Waals surface area contributed by atoms with E-state index in [2.05, 4.69) is 0 Å². The molecule has 0 aromatic carbocycles. The number of hydrogen-bond acceptors (Lipinski definition) is 2. The number of piperidine rings is 1. The summed E-state index contributed by atoms with van der Waals surface area (Å²) < 4.78 is 25.2. The van der Waals surface area contributed by atoms with Crippen molar-refractivity contribution in [3.05, 3.63) is 0 Å². The highest BCUT2D eigenvalue weighted by Crippen LogP contribution is 2.30. The summed E-state index contributed by atoms with van der Waals surface area (Å²) in [6, 6.07) is 0. The van der Waals surface area contributed by atoms with E-state index in [0.29, 0.717) is 0 Å². The first-order chi connectivity index (χ1) is 5.39. The van der Waals surface area contributed by atoms with Crippen molar-refractivity contribution in [3.63, 3.8) is 0 Å². The number of imide groups is 1. The highest BCUT2D eigenvalue weighted by molar-refractivity contribution is 5.97. The molecule has 0 radical (unpaired) electrons. The summed E-state index contributed by atoms with van der Waals surface area (Å²) in [7, 11) is 0. The summed E-state index contributed by atoms with van der Waals surface area (Å²) in [5, 5.41) is 1.97. The SMILES string of the molecule is CC(F)(F)C1CC(=O)NC(=O)C1. The number of carbonyl (C=O) groups excluding carboxylic acids is 2. The van der Waals surface area contributed by atoms with Crippen LogP contribution in [0.25, 0.3) is 0 Å². The molecule has 1 heterocycles. The van der Waals surface area contributed by atoms with E-state index >= 15 is 0 Å². The first-order valence-electron chi connectivity index (χ1n) is 3.60. The van der Waals surface area contributed by atoms with E-state index in [1.165, 1.54) is 0 Å². The maximum absolute atomic E-state index is 12.6. The Labute approximate surface area is 68.1 Å². The highest BCUT2D eigenvalue weighted by Gasteiger charge is 2.40. The van der Waals surface area contributed by atoms with Crippen LogP contribution in [-0.2, 0) is 9.59 Å². The Kier molecular flexibility index (Phi) is 2.12. The third-order valence-corrected chi connectivity index (χ3v) is 1.86. The van der Waals surface area contributed by atoms with Crippen LogP contribution in [-0.4, -0.2) is 17.7 Å². The van der Waals surface area contributed by atoms with Gasteiger partial charge in [0.15, 0.2) is 0 Å². The minimum Gasteiger partial charge on any atom is -0.296 e. The first-order valence-corrected chi connectivity index (χ1v) is 3.60. The van der Waals surface area contributed by atoms with Crippen molar-refractivity contribution in [3.8, 4) is 0 Å². The number of rotatable bonds is 1. The fourth-order valence-electron chi connectivity index (χ4n) is 1.14. The molecule has 0 unspecified atom stereocenters. The van der Waals surface area contributed by atoms with Gasteiger partial charge in [-0.2, -0.15) is 0 Å². The van der Waals surface area contributed by atoms with Crippen LogP contribution in [0.2, 0.25) is 0 Å². The zero-order valence-corrected chi connectivity index (χ0v) is 6.56. The van der Waals surface area contributed by atoms with Gasteiger partial charge in [0.05, 0.1) is 0 Å². The van der Waals surface area contributed by atoms with Crippen molar-refractivity contribution >= 4 is 11.8 Å². The maximum Gasteiger partial charge on any atom is 0.249 e. The molecule has 1 aliphatic rings. The quantitative estimate of drug-likeness (QED) is 0.599. The lowest BCUT2D eigenvalue weighted by Gasteiger charge is -2.25. The van der Waals surface area contributed by atoms with Gasteiger partial charge >= 0.3 is 0 Å². The molecule has 3 nitrogen and oxygen atoms in total. The molecule has 1 rings (SSSR count). The van der Waals surface area contributed by atoms with Gasteiger partial charge in [-0.3, -0.25) is 14.9 Å². The van der Waals surface area contributed by atoms with Crippen LogP contribution < -0.4 is 5.32 Å². The van der Waals surface area contributed by atoms with Crippen molar-refractivity contribution in [2.24, 2.45) is 5.92 Å². The molecule has 1 fully saturated rings. The number of halogens is 2. The smallest absolute Gasteiger partial charge is 0.249 e.